The molecule has 1 aromatic rings. The standard InChI is InChI=1S/C9H15N3O2.ClH/c1-5(10)7-11-8(14-12-7)6(13)9(2,3)4;/h5H,10H2,1-4H3;1H. The fourth-order valence-corrected chi connectivity index (χ4v) is 0.833. The molecule has 2 N–H and O–H groups in total. The topological polar surface area (TPSA) is 82.0 Å². The molecule has 86 valence electrons. The van der Waals surface area contributed by atoms with Gasteiger partial charge in [-0.15, -0.1) is 12.4 Å². The van der Waals surface area contributed by atoms with E-state index in [1.165, 1.54) is 0 Å². The van der Waals surface area contributed by atoms with Crippen molar-refractivity contribution in [2.24, 2.45) is 11.1 Å². The van der Waals surface area contributed by atoms with Crippen LogP contribution in [-0.4, -0.2) is 15.9 Å². The highest BCUT2D eigenvalue weighted by molar-refractivity contribution is 5.95. The summed E-state index contributed by atoms with van der Waals surface area (Å²) >= 11 is 0. The normalized spacial score (nSPS) is 13.1. The van der Waals surface area contributed by atoms with E-state index in [2.05, 4.69) is 10.1 Å². The lowest BCUT2D eigenvalue weighted by Crippen LogP contribution is -2.20. The van der Waals surface area contributed by atoms with Crippen LogP contribution in [0.4, 0.5) is 0 Å². The van der Waals surface area contributed by atoms with E-state index in [9.17, 15) is 4.79 Å². The summed E-state index contributed by atoms with van der Waals surface area (Å²) in [4.78, 5) is 15.6. The molecule has 1 unspecified atom stereocenters. The van der Waals surface area contributed by atoms with Gasteiger partial charge in [-0.1, -0.05) is 25.9 Å². The van der Waals surface area contributed by atoms with Gasteiger partial charge in [0.25, 0.3) is 5.89 Å². The minimum atomic E-state index is -0.512. The average molecular weight is 234 g/mol. The van der Waals surface area contributed by atoms with Crippen LogP contribution in [0.1, 0.15) is 50.2 Å². The van der Waals surface area contributed by atoms with Crippen molar-refractivity contribution < 1.29 is 9.32 Å². The van der Waals surface area contributed by atoms with Crippen LogP contribution in [0, 0.1) is 5.41 Å². The molecule has 1 atom stereocenters. The molecule has 0 aliphatic carbocycles. The van der Waals surface area contributed by atoms with Crippen molar-refractivity contribution in [2.45, 2.75) is 33.7 Å². The smallest absolute Gasteiger partial charge is 0.294 e. The van der Waals surface area contributed by atoms with E-state index in [1.807, 2.05) is 0 Å². The van der Waals surface area contributed by atoms with Gasteiger partial charge >= 0.3 is 0 Å². The molecule has 6 heteroatoms. The predicted octanol–water partition coefficient (Wildman–Crippen LogP) is 1.74. The summed E-state index contributed by atoms with van der Waals surface area (Å²) in [5.41, 5.74) is 5.03. The lowest BCUT2D eigenvalue weighted by Gasteiger charge is -2.12. The van der Waals surface area contributed by atoms with E-state index in [0.29, 0.717) is 5.82 Å². The third-order valence-electron chi connectivity index (χ3n) is 1.72. The summed E-state index contributed by atoms with van der Waals surface area (Å²) in [6.07, 6.45) is 0. The zero-order valence-electron chi connectivity index (χ0n) is 9.27. The van der Waals surface area contributed by atoms with Gasteiger partial charge in [-0.25, -0.2) is 0 Å². The first-order valence-corrected chi connectivity index (χ1v) is 4.46. The SMILES string of the molecule is CC(N)c1noc(C(=O)C(C)(C)C)n1.Cl. The van der Waals surface area contributed by atoms with Crippen molar-refractivity contribution in [3.05, 3.63) is 11.7 Å². The monoisotopic (exact) mass is 233 g/mol. The van der Waals surface area contributed by atoms with Crippen molar-refractivity contribution in [2.75, 3.05) is 0 Å². The fraction of sp³-hybridized carbons (Fsp3) is 0.667. The number of rotatable bonds is 2. The first-order valence-electron chi connectivity index (χ1n) is 4.46. The minimum absolute atomic E-state index is 0. The Hall–Kier alpha value is -0.940. The van der Waals surface area contributed by atoms with E-state index in [1.54, 1.807) is 27.7 Å². The second kappa shape index (κ2) is 4.72. The number of ketones is 1. The number of nitrogens with zero attached hydrogens (tertiary/aromatic N) is 2. The Morgan fingerprint density at radius 1 is 1.47 bits per heavy atom. The summed E-state index contributed by atoms with van der Waals surface area (Å²) in [5.74, 6) is 0.222. The summed E-state index contributed by atoms with van der Waals surface area (Å²) in [6.45, 7) is 7.12. The number of carbonyl (C=O) groups is 1. The molecular formula is C9H16ClN3O2. The van der Waals surface area contributed by atoms with Crippen molar-refractivity contribution in [3.8, 4) is 0 Å². The molecule has 0 amide bonds. The van der Waals surface area contributed by atoms with Gasteiger partial charge in [-0.05, 0) is 6.92 Å². The Balaban J connectivity index is 0.00000196. The van der Waals surface area contributed by atoms with Gasteiger partial charge in [0.2, 0.25) is 5.78 Å². The second-order valence-electron chi connectivity index (χ2n) is 4.33. The molecule has 0 radical (unpaired) electrons. The van der Waals surface area contributed by atoms with Gasteiger partial charge in [0.05, 0.1) is 6.04 Å². The summed E-state index contributed by atoms with van der Waals surface area (Å²) < 4.78 is 4.82. The molecule has 15 heavy (non-hydrogen) atoms. The van der Waals surface area contributed by atoms with Crippen LogP contribution in [-0.2, 0) is 0 Å². The number of aromatic nitrogens is 2. The maximum absolute atomic E-state index is 11.7. The van der Waals surface area contributed by atoms with E-state index >= 15 is 0 Å². The third kappa shape index (κ3) is 3.28. The summed E-state index contributed by atoms with van der Waals surface area (Å²) in [5, 5.41) is 3.62. The lowest BCUT2D eigenvalue weighted by atomic mass is 9.91. The molecule has 1 heterocycles. The first-order chi connectivity index (χ1) is 6.32. The van der Waals surface area contributed by atoms with Crippen LogP contribution >= 0.6 is 12.4 Å². The Labute approximate surface area is 94.8 Å². The van der Waals surface area contributed by atoms with Crippen LogP contribution in [0.3, 0.4) is 0 Å². The third-order valence-corrected chi connectivity index (χ3v) is 1.72. The fourth-order valence-electron chi connectivity index (χ4n) is 0.833. The average Bonchev–Trinajstić information content (AvgIpc) is 2.48. The molecule has 0 spiro atoms. The largest absolute Gasteiger partial charge is 0.331 e. The van der Waals surface area contributed by atoms with Gasteiger partial charge in [-0.3, -0.25) is 4.79 Å². The Kier molecular flexibility index (Phi) is 4.42. The molecule has 0 fully saturated rings. The Morgan fingerprint density at radius 3 is 2.33 bits per heavy atom. The number of halogens is 1. The number of hydrogen-bond acceptors (Lipinski definition) is 5. The van der Waals surface area contributed by atoms with Gasteiger partial charge in [-0.2, -0.15) is 4.98 Å². The molecule has 0 aliphatic rings. The van der Waals surface area contributed by atoms with E-state index in [0.717, 1.165) is 0 Å². The van der Waals surface area contributed by atoms with Crippen LogP contribution in [0.15, 0.2) is 4.52 Å². The van der Waals surface area contributed by atoms with Gasteiger partial charge in [0, 0.05) is 5.41 Å². The van der Waals surface area contributed by atoms with Gasteiger partial charge in [0.15, 0.2) is 5.82 Å². The van der Waals surface area contributed by atoms with E-state index in [4.69, 9.17) is 10.3 Å². The molecule has 0 saturated heterocycles. The van der Waals surface area contributed by atoms with Crippen LogP contribution < -0.4 is 5.73 Å². The van der Waals surface area contributed by atoms with Crippen molar-refractivity contribution in [1.29, 1.82) is 0 Å². The highest BCUT2D eigenvalue weighted by Crippen LogP contribution is 2.20. The molecule has 0 bridgehead atoms. The maximum Gasteiger partial charge on any atom is 0.294 e. The Bertz CT molecular complexity index is 341. The maximum atomic E-state index is 11.7. The van der Waals surface area contributed by atoms with Crippen molar-refractivity contribution >= 4 is 18.2 Å². The summed E-state index contributed by atoms with van der Waals surface area (Å²) in [6, 6.07) is -0.319. The highest BCUT2D eigenvalue weighted by atomic mass is 35.5. The lowest BCUT2D eigenvalue weighted by molar-refractivity contribution is 0.0811. The number of hydrogen-bond donors (Lipinski definition) is 1. The number of carbonyl (C=O) groups excluding carboxylic acids is 1. The minimum Gasteiger partial charge on any atom is -0.331 e. The van der Waals surface area contributed by atoms with E-state index in [-0.39, 0.29) is 30.1 Å². The molecule has 1 rings (SSSR count). The van der Waals surface area contributed by atoms with E-state index < -0.39 is 5.41 Å². The molecule has 0 saturated carbocycles. The van der Waals surface area contributed by atoms with Gasteiger partial charge in [0.1, 0.15) is 0 Å². The van der Waals surface area contributed by atoms with Crippen molar-refractivity contribution in [3.63, 3.8) is 0 Å². The molecular weight excluding hydrogens is 218 g/mol. The first kappa shape index (κ1) is 14.1. The van der Waals surface area contributed by atoms with Crippen LogP contribution in [0.25, 0.3) is 0 Å². The molecule has 5 nitrogen and oxygen atoms in total. The number of Topliss-reactive ketones (excluding diaryl/α,β-unsaturated/α-hetero) is 1. The number of nitrogens with two attached hydrogens (primary N) is 1. The van der Waals surface area contributed by atoms with Crippen LogP contribution in [0.2, 0.25) is 0 Å². The molecule has 1 aromatic heterocycles. The predicted molar refractivity (Wildman–Crippen MR) is 57.9 cm³/mol. The Morgan fingerprint density at radius 2 is 2.00 bits per heavy atom. The highest BCUT2D eigenvalue weighted by Gasteiger charge is 2.28. The van der Waals surface area contributed by atoms with Gasteiger partial charge < -0.3 is 10.3 Å². The molecule has 0 aromatic carbocycles. The van der Waals surface area contributed by atoms with Crippen LogP contribution in [0.5, 0.6) is 0 Å². The second-order valence-corrected chi connectivity index (χ2v) is 4.33. The molecule has 0 aliphatic heterocycles. The quantitative estimate of drug-likeness (QED) is 0.787. The zero-order valence-corrected chi connectivity index (χ0v) is 10.1. The van der Waals surface area contributed by atoms with Crippen molar-refractivity contribution in [1.82, 2.24) is 10.1 Å². The zero-order chi connectivity index (χ0) is 10.9. The summed E-state index contributed by atoms with van der Waals surface area (Å²) in [7, 11) is 0.